The maximum absolute atomic E-state index is 13.2. The number of nitrogens with zero attached hydrogens (tertiary/aromatic N) is 3. The molecule has 9 heteroatoms. The lowest BCUT2D eigenvalue weighted by molar-refractivity contribution is 0.0946. The molecule has 0 atom stereocenters. The van der Waals surface area contributed by atoms with Gasteiger partial charge in [-0.25, -0.2) is 15.0 Å². The van der Waals surface area contributed by atoms with Gasteiger partial charge in [-0.2, -0.15) is 0 Å². The van der Waals surface area contributed by atoms with Crippen LogP contribution in [0.25, 0.3) is 21.3 Å². The zero-order valence-corrected chi connectivity index (χ0v) is 20.5. The molecule has 4 aromatic rings. The number of pyridine rings is 2. The molecule has 1 aliphatic rings. The lowest BCUT2D eigenvalue weighted by Gasteiger charge is -2.16. The number of hydrogen-bond acceptors (Lipinski definition) is 8. The number of anilines is 1. The summed E-state index contributed by atoms with van der Waals surface area (Å²) in [5.41, 5.74) is 10.4. The monoisotopic (exact) mass is 489 g/mol. The number of nitrogens with one attached hydrogen (secondary N) is 1. The Morgan fingerprint density at radius 1 is 1.17 bits per heavy atom. The summed E-state index contributed by atoms with van der Waals surface area (Å²) in [7, 11) is 1.51. The molecule has 3 N–H and O–H groups in total. The van der Waals surface area contributed by atoms with Gasteiger partial charge < -0.3 is 20.5 Å². The first-order chi connectivity index (χ1) is 17.0. The van der Waals surface area contributed by atoms with Gasteiger partial charge in [-0.05, 0) is 62.4 Å². The first-order valence-electron chi connectivity index (χ1n) is 11.6. The summed E-state index contributed by atoms with van der Waals surface area (Å²) in [5, 5.41) is 3.50. The highest BCUT2D eigenvalue weighted by molar-refractivity contribution is 7.22. The van der Waals surface area contributed by atoms with Crippen LogP contribution >= 0.6 is 11.3 Å². The number of thiazole rings is 1. The lowest BCUT2D eigenvalue weighted by Crippen LogP contribution is -2.25. The largest absolute Gasteiger partial charge is 0.480 e. The van der Waals surface area contributed by atoms with Crippen LogP contribution in [0.1, 0.15) is 47.3 Å². The van der Waals surface area contributed by atoms with E-state index in [0.29, 0.717) is 16.6 Å². The fourth-order valence-electron chi connectivity index (χ4n) is 4.40. The molecule has 3 heterocycles. The Labute approximate surface area is 207 Å². The zero-order chi connectivity index (χ0) is 24.4. The Bertz CT molecular complexity index is 1380. The number of nitrogens with two attached hydrogens (primary N) is 1. The number of hydrogen-bond donors (Lipinski definition) is 2. The number of fused-ring (bicyclic) bond motifs is 1. The average molecular weight is 490 g/mol. The SMILES string of the molecule is COc1nc(C)c(-c2ccc3nc(N)sc3c2)cc1C(=O)NCc1cccnc1OC1CCCC1. The van der Waals surface area contributed by atoms with Crippen molar-refractivity contribution < 1.29 is 14.3 Å². The van der Waals surface area contributed by atoms with Crippen LogP contribution < -0.4 is 20.5 Å². The van der Waals surface area contributed by atoms with E-state index in [1.807, 2.05) is 43.3 Å². The molecule has 0 saturated heterocycles. The maximum atomic E-state index is 13.2. The van der Waals surface area contributed by atoms with Crippen molar-refractivity contribution in [3.63, 3.8) is 0 Å². The minimum Gasteiger partial charge on any atom is -0.480 e. The smallest absolute Gasteiger partial charge is 0.257 e. The van der Waals surface area contributed by atoms with Crippen molar-refractivity contribution in [3.05, 3.63) is 59.4 Å². The average Bonchev–Trinajstić information content (AvgIpc) is 3.51. The first-order valence-corrected chi connectivity index (χ1v) is 12.4. The van der Waals surface area contributed by atoms with E-state index in [-0.39, 0.29) is 24.4 Å². The molecule has 1 aromatic carbocycles. The Kier molecular flexibility index (Phi) is 6.50. The number of methoxy groups -OCH3 is 1. The van der Waals surface area contributed by atoms with Gasteiger partial charge >= 0.3 is 0 Å². The molecule has 0 aliphatic heterocycles. The van der Waals surface area contributed by atoms with E-state index in [4.69, 9.17) is 15.2 Å². The number of ether oxygens (including phenoxy) is 2. The molecule has 1 saturated carbocycles. The minimum atomic E-state index is -0.283. The van der Waals surface area contributed by atoms with Crippen LogP contribution in [0.3, 0.4) is 0 Å². The number of carbonyl (C=O) groups is 1. The summed E-state index contributed by atoms with van der Waals surface area (Å²) in [5.74, 6) is 0.571. The van der Waals surface area contributed by atoms with Crippen LogP contribution in [0.2, 0.25) is 0 Å². The molecule has 0 radical (unpaired) electrons. The molecule has 5 rings (SSSR count). The van der Waals surface area contributed by atoms with E-state index in [2.05, 4.69) is 20.3 Å². The number of nitrogen functional groups attached to an aromatic ring is 1. The maximum Gasteiger partial charge on any atom is 0.257 e. The fraction of sp³-hybridized carbons (Fsp3) is 0.308. The van der Waals surface area contributed by atoms with Gasteiger partial charge in [-0.1, -0.05) is 23.5 Å². The molecule has 0 bridgehead atoms. The standard InChI is InChI=1S/C26H27N5O3S/c1-15-19(16-9-10-21-22(12-16)35-26(27)31-21)13-20(25(30-15)33-2)23(32)29-14-17-6-5-11-28-24(17)34-18-7-3-4-8-18/h5-6,9-13,18H,3-4,7-8,14H2,1-2H3,(H2,27,31)(H,29,32). The predicted molar refractivity (Wildman–Crippen MR) is 137 cm³/mol. The van der Waals surface area contributed by atoms with Crippen LogP contribution in [-0.2, 0) is 6.54 Å². The van der Waals surface area contributed by atoms with Gasteiger partial charge in [0.05, 0.1) is 17.3 Å². The van der Waals surface area contributed by atoms with E-state index in [1.54, 1.807) is 6.20 Å². The summed E-state index contributed by atoms with van der Waals surface area (Å²) in [6.45, 7) is 2.18. The number of aromatic nitrogens is 3. The highest BCUT2D eigenvalue weighted by Crippen LogP contribution is 2.33. The van der Waals surface area contributed by atoms with Crippen molar-refractivity contribution >= 4 is 32.6 Å². The third kappa shape index (κ3) is 4.90. The van der Waals surface area contributed by atoms with Crippen molar-refractivity contribution in [2.75, 3.05) is 12.8 Å². The van der Waals surface area contributed by atoms with E-state index in [0.717, 1.165) is 45.4 Å². The molecular weight excluding hydrogens is 462 g/mol. The number of rotatable bonds is 7. The predicted octanol–water partition coefficient (Wildman–Crippen LogP) is 4.90. The third-order valence-corrected chi connectivity index (χ3v) is 7.05. The minimum absolute atomic E-state index is 0.189. The molecule has 0 unspecified atom stereocenters. The topological polar surface area (TPSA) is 112 Å². The van der Waals surface area contributed by atoms with Crippen molar-refractivity contribution in [3.8, 4) is 22.9 Å². The molecule has 8 nitrogen and oxygen atoms in total. The summed E-state index contributed by atoms with van der Waals surface area (Å²) >= 11 is 1.43. The number of benzene rings is 1. The van der Waals surface area contributed by atoms with Gasteiger partial charge in [-0.3, -0.25) is 4.79 Å². The van der Waals surface area contributed by atoms with Gasteiger partial charge in [0, 0.05) is 29.6 Å². The third-order valence-electron chi connectivity index (χ3n) is 6.20. The van der Waals surface area contributed by atoms with Gasteiger partial charge in [0.15, 0.2) is 5.13 Å². The molecule has 0 spiro atoms. The zero-order valence-electron chi connectivity index (χ0n) is 19.7. The lowest BCUT2D eigenvalue weighted by atomic mass is 10.0. The molecular formula is C26H27N5O3S. The van der Waals surface area contributed by atoms with E-state index in [9.17, 15) is 4.79 Å². The Morgan fingerprint density at radius 3 is 2.80 bits per heavy atom. The van der Waals surface area contributed by atoms with Crippen LogP contribution in [-0.4, -0.2) is 34.1 Å². The summed E-state index contributed by atoms with van der Waals surface area (Å²) in [6.07, 6.45) is 6.33. The van der Waals surface area contributed by atoms with Crippen LogP contribution in [0.5, 0.6) is 11.8 Å². The van der Waals surface area contributed by atoms with Crippen molar-refractivity contribution in [2.24, 2.45) is 0 Å². The van der Waals surface area contributed by atoms with Gasteiger partial charge in [-0.15, -0.1) is 0 Å². The van der Waals surface area contributed by atoms with E-state index < -0.39 is 0 Å². The second kappa shape index (κ2) is 9.87. The normalized spacial score (nSPS) is 13.8. The molecule has 3 aromatic heterocycles. The molecule has 1 amide bonds. The van der Waals surface area contributed by atoms with Crippen molar-refractivity contribution in [2.45, 2.75) is 45.3 Å². The Hall–Kier alpha value is -3.72. The van der Waals surface area contributed by atoms with Crippen molar-refractivity contribution in [1.82, 2.24) is 20.3 Å². The number of amides is 1. The van der Waals surface area contributed by atoms with Gasteiger partial charge in [0.25, 0.3) is 5.91 Å². The Balaban J connectivity index is 1.39. The Morgan fingerprint density at radius 2 is 2.00 bits per heavy atom. The first kappa shape index (κ1) is 23.0. The fourth-order valence-corrected chi connectivity index (χ4v) is 5.18. The summed E-state index contributed by atoms with van der Waals surface area (Å²) < 4.78 is 12.5. The molecule has 1 aliphatic carbocycles. The second-order valence-corrected chi connectivity index (χ2v) is 9.65. The number of aryl methyl sites for hydroxylation is 1. The van der Waals surface area contributed by atoms with E-state index >= 15 is 0 Å². The van der Waals surface area contributed by atoms with Crippen molar-refractivity contribution in [1.29, 1.82) is 0 Å². The molecule has 1 fully saturated rings. The van der Waals surface area contributed by atoms with Crippen LogP contribution in [0.15, 0.2) is 42.6 Å². The highest BCUT2D eigenvalue weighted by Gasteiger charge is 2.21. The molecule has 180 valence electrons. The van der Waals surface area contributed by atoms with Crippen LogP contribution in [0, 0.1) is 6.92 Å². The highest BCUT2D eigenvalue weighted by atomic mass is 32.1. The molecule has 35 heavy (non-hydrogen) atoms. The van der Waals surface area contributed by atoms with E-state index in [1.165, 1.54) is 31.3 Å². The van der Waals surface area contributed by atoms with Gasteiger partial charge in [0.2, 0.25) is 11.8 Å². The second-order valence-electron chi connectivity index (χ2n) is 8.59. The number of carbonyl (C=O) groups excluding carboxylic acids is 1. The summed E-state index contributed by atoms with van der Waals surface area (Å²) in [4.78, 5) is 26.5. The van der Waals surface area contributed by atoms with Gasteiger partial charge in [0.1, 0.15) is 11.7 Å². The quantitative estimate of drug-likeness (QED) is 0.379. The van der Waals surface area contributed by atoms with Crippen LogP contribution in [0.4, 0.5) is 5.13 Å². The summed E-state index contributed by atoms with van der Waals surface area (Å²) in [6, 6.07) is 11.5.